The summed E-state index contributed by atoms with van der Waals surface area (Å²) in [5.74, 6) is 2.71. The van der Waals surface area contributed by atoms with Gasteiger partial charge in [-0.15, -0.1) is 0 Å². The van der Waals surface area contributed by atoms with Gasteiger partial charge in [-0.05, 0) is 79.4 Å². The summed E-state index contributed by atoms with van der Waals surface area (Å²) < 4.78 is 0. The minimum absolute atomic E-state index is 0.0532. The molecule has 1 aromatic rings. The van der Waals surface area contributed by atoms with Crippen LogP contribution in [0.5, 0.6) is 0 Å². The summed E-state index contributed by atoms with van der Waals surface area (Å²) in [6, 6.07) is 4.08. The first-order valence-corrected chi connectivity index (χ1v) is 11.7. The highest BCUT2D eigenvalue weighted by atomic mass is 16.2. The lowest BCUT2D eigenvalue weighted by molar-refractivity contribution is -0.136. The molecule has 4 bridgehead atoms. The molecular weight excluding hydrogens is 376 g/mol. The topological polar surface area (TPSA) is 65.5 Å². The lowest BCUT2D eigenvalue weighted by Gasteiger charge is -2.56. The SMILES string of the molecule is O=C(CC12CC3CC(CC(C3)C1)C2)NCC(=O)N1CCN(Cc2ccncc2)CC1. The number of carbonyl (C=O) groups is 2. The molecule has 4 saturated carbocycles. The van der Waals surface area contributed by atoms with Crippen LogP contribution in [-0.4, -0.2) is 59.3 Å². The molecule has 0 radical (unpaired) electrons. The second-order valence-electron chi connectivity index (χ2n) is 10.4. The zero-order valence-corrected chi connectivity index (χ0v) is 17.9. The maximum atomic E-state index is 12.7. The highest BCUT2D eigenvalue weighted by molar-refractivity contribution is 5.85. The molecule has 0 spiro atoms. The van der Waals surface area contributed by atoms with Crippen LogP contribution in [0, 0.1) is 23.2 Å². The van der Waals surface area contributed by atoms with Gasteiger partial charge in [-0.3, -0.25) is 19.5 Å². The van der Waals surface area contributed by atoms with Crippen molar-refractivity contribution < 1.29 is 9.59 Å². The summed E-state index contributed by atoms with van der Waals surface area (Å²) in [6.45, 7) is 4.25. The third-order valence-electron chi connectivity index (χ3n) is 8.02. The van der Waals surface area contributed by atoms with Crippen LogP contribution in [0.25, 0.3) is 0 Å². The van der Waals surface area contributed by atoms with Gasteiger partial charge in [0.05, 0.1) is 6.54 Å². The van der Waals surface area contributed by atoms with Crippen LogP contribution in [0.4, 0.5) is 0 Å². The van der Waals surface area contributed by atoms with Gasteiger partial charge in [-0.25, -0.2) is 0 Å². The second-order valence-corrected chi connectivity index (χ2v) is 10.4. The van der Waals surface area contributed by atoms with Crippen LogP contribution >= 0.6 is 0 Å². The maximum Gasteiger partial charge on any atom is 0.242 e. The van der Waals surface area contributed by atoms with E-state index in [0.717, 1.165) is 50.5 Å². The number of piperazine rings is 1. The number of hydrogen-bond acceptors (Lipinski definition) is 4. The Morgan fingerprint density at radius 3 is 2.17 bits per heavy atom. The fourth-order valence-corrected chi connectivity index (χ4v) is 7.10. The van der Waals surface area contributed by atoms with E-state index in [2.05, 4.69) is 15.2 Å². The van der Waals surface area contributed by atoms with E-state index in [0.29, 0.717) is 6.42 Å². The number of pyridine rings is 1. The predicted octanol–water partition coefficient (Wildman–Crippen LogP) is 2.45. The first-order chi connectivity index (χ1) is 14.6. The minimum atomic E-state index is 0.0532. The summed E-state index contributed by atoms with van der Waals surface area (Å²) in [4.78, 5) is 33.6. The van der Waals surface area contributed by atoms with Crippen molar-refractivity contribution in [3.63, 3.8) is 0 Å². The summed E-state index contributed by atoms with van der Waals surface area (Å²) in [6.07, 6.45) is 12.2. The normalized spacial score (nSPS) is 32.9. The number of hydrogen-bond donors (Lipinski definition) is 1. The summed E-state index contributed by atoms with van der Waals surface area (Å²) in [5.41, 5.74) is 1.49. The van der Waals surface area contributed by atoms with Crippen LogP contribution in [0.15, 0.2) is 24.5 Å². The molecule has 0 atom stereocenters. The number of amides is 2. The molecule has 2 amide bonds. The molecule has 162 valence electrons. The Morgan fingerprint density at radius 2 is 1.57 bits per heavy atom. The maximum absolute atomic E-state index is 12.7. The molecule has 30 heavy (non-hydrogen) atoms. The van der Waals surface area contributed by atoms with Crippen molar-refractivity contribution in [1.82, 2.24) is 20.1 Å². The molecule has 5 fully saturated rings. The van der Waals surface area contributed by atoms with Gasteiger partial charge in [0.2, 0.25) is 11.8 Å². The van der Waals surface area contributed by atoms with Crippen LogP contribution in [-0.2, 0) is 16.1 Å². The van der Waals surface area contributed by atoms with E-state index < -0.39 is 0 Å². The fourth-order valence-electron chi connectivity index (χ4n) is 7.10. The third-order valence-corrected chi connectivity index (χ3v) is 8.02. The van der Waals surface area contributed by atoms with Crippen molar-refractivity contribution in [2.75, 3.05) is 32.7 Å². The van der Waals surface area contributed by atoms with Gasteiger partial charge in [0.1, 0.15) is 0 Å². The molecule has 0 aromatic carbocycles. The highest BCUT2D eigenvalue weighted by Gasteiger charge is 2.51. The minimum Gasteiger partial charge on any atom is -0.347 e. The van der Waals surface area contributed by atoms with Gasteiger partial charge in [0.15, 0.2) is 0 Å². The smallest absolute Gasteiger partial charge is 0.242 e. The van der Waals surface area contributed by atoms with Gasteiger partial charge in [0, 0.05) is 51.5 Å². The Balaban J connectivity index is 1.05. The van der Waals surface area contributed by atoms with Gasteiger partial charge in [0.25, 0.3) is 0 Å². The number of nitrogens with zero attached hydrogens (tertiary/aromatic N) is 3. The summed E-state index contributed by atoms with van der Waals surface area (Å²) in [7, 11) is 0. The Bertz CT molecular complexity index is 737. The van der Waals surface area contributed by atoms with Gasteiger partial charge >= 0.3 is 0 Å². The molecule has 2 heterocycles. The van der Waals surface area contributed by atoms with Crippen LogP contribution in [0.2, 0.25) is 0 Å². The van der Waals surface area contributed by atoms with Crippen molar-refractivity contribution >= 4 is 11.8 Å². The molecule has 4 aliphatic carbocycles. The van der Waals surface area contributed by atoms with Crippen LogP contribution in [0.3, 0.4) is 0 Å². The Labute approximate surface area is 179 Å². The zero-order valence-electron chi connectivity index (χ0n) is 17.9. The Kier molecular flexibility index (Phi) is 5.52. The summed E-state index contributed by atoms with van der Waals surface area (Å²) in [5, 5.41) is 2.96. The van der Waals surface area contributed by atoms with Gasteiger partial charge < -0.3 is 10.2 Å². The standard InChI is InChI=1S/C24H34N4O2/c29-22(15-24-12-19-9-20(13-24)11-21(10-19)14-24)26-16-23(30)28-7-5-27(6-8-28)17-18-1-3-25-4-2-18/h1-4,19-21H,5-17H2,(H,26,29). The first kappa shape index (κ1) is 20.0. The average Bonchev–Trinajstić information content (AvgIpc) is 2.72. The summed E-state index contributed by atoms with van der Waals surface area (Å²) >= 11 is 0. The van der Waals surface area contributed by atoms with Crippen molar-refractivity contribution in [3.8, 4) is 0 Å². The molecule has 6 rings (SSSR count). The monoisotopic (exact) mass is 410 g/mol. The third kappa shape index (κ3) is 4.39. The molecule has 0 unspecified atom stereocenters. The average molecular weight is 411 g/mol. The largest absolute Gasteiger partial charge is 0.347 e. The molecule has 5 aliphatic rings. The van der Waals surface area contributed by atoms with Gasteiger partial charge in [-0.1, -0.05) is 0 Å². The number of rotatable bonds is 6. The Hall–Kier alpha value is -1.95. The molecule has 1 aromatic heterocycles. The second kappa shape index (κ2) is 8.29. The van der Waals surface area contributed by atoms with Crippen LogP contribution in [0.1, 0.15) is 50.5 Å². The number of carbonyl (C=O) groups excluding carboxylic acids is 2. The fraction of sp³-hybridized carbons (Fsp3) is 0.708. The van der Waals surface area contributed by atoms with E-state index in [1.807, 2.05) is 29.4 Å². The van der Waals surface area contributed by atoms with Crippen molar-refractivity contribution in [2.24, 2.45) is 23.2 Å². The lowest BCUT2D eigenvalue weighted by atomic mass is 9.49. The molecule has 6 nitrogen and oxygen atoms in total. The van der Waals surface area contributed by atoms with E-state index >= 15 is 0 Å². The zero-order chi connectivity index (χ0) is 20.6. The molecule has 6 heteroatoms. The van der Waals surface area contributed by atoms with Crippen molar-refractivity contribution in [2.45, 2.75) is 51.5 Å². The number of nitrogens with one attached hydrogen (secondary N) is 1. The number of aromatic nitrogens is 1. The molecule has 1 saturated heterocycles. The van der Waals surface area contributed by atoms with Crippen molar-refractivity contribution in [3.05, 3.63) is 30.1 Å². The van der Waals surface area contributed by atoms with E-state index in [1.54, 1.807) is 0 Å². The van der Waals surface area contributed by atoms with E-state index in [1.165, 1.54) is 44.1 Å². The van der Waals surface area contributed by atoms with E-state index in [4.69, 9.17) is 0 Å². The highest BCUT2D eigenvalue weighted by Crippen LogP contribution is 2.61. The predicted molar refractivity (Wildman–Crippen MR) is 114 cm³/mol. The van der Waals surface area contributed by atoms with Gasteiger partial charge in [-0.2, -0.15) is 0 Å². The first-order valence-electron chi connectivity index (χ1n) is 11.7. The van der Waals surface area contributed by atoms with Crippen molar-refractivity contribution in [1.29, 1.82) is 0 Å². The lowest BCUT2D eigenvalue weighted by Crippen LogP contribution is -2.51. The molecule has 1 N–H and O–H groups in total. The molecule has 1 aliphatic heterocycles. The quantitative estimate of drug-likeness (QED) is 0.782. The van der Waals surface area contributed by atoms with Crippen LogP contribution < -0.4 is 5.32 Å². The Morgan fingerprint density at radius 1 is 0.967 bits per heavy atom. The van der Waals surface area contributed by atoms with E-state index in [-0.39, 0.29) is 23.8 Å². The van der Waals surface area contributed by atoms with E-state index in [9.17, 15) is 9.59 Å². The molecular formula is C24H34N4O2.